The van der Waals surface area contributed by atoms with Gasteiger partial charge in [-0.2, -0.15) is 0 Å². The van der Waals surface area contributed by atoms with E-state index in [-0.39, 0.29) is 41.9 Å². The molecule has 0 saturated heterocycles. The van der Waals surface area contributed by atoms with Gasteiger partial charge in [-0.3, -0.25) is 9.59 Å². The minimum atomic E-state index is -1.46. The van der Waals surface area contributed by atoms with Gasteiger partial charge in [0.15, 0.2) is 0 Å². The molecule has 3 aromatic rings. The van der Waals surface area contributed by atoms with E-state index in [1.165, 1.54) is 19.2 Å². The molecule has 3 atom stereocenters. The number of benzene rings is 3. The first-order valence-electron chi connectivity index (χ1n) is 15.2. The van der Waals surface area contributed by atoms with Gasteiger partial charge in [0.05, 0.1) is 17.7 Å². The Morgan fingerprint density at radius 2 is 1.58 bits per heavy atom. The van der Waals surface area contributed by atoms with Gasteiger partial charge in [-0.25, -0.2) is 4.39 Å². The van der Waals surface area contributed by atoms with Gasteiger partial charge in [-0.1, -0.05) is 54.4 Å². The predicted molar refractivity (Wildman–Crippen MR) is 172 cm³/mol. The largest absolute Gasteiger partial charge is 0.481 e. The SMILES string of the molecule is CCC(O)(c1cc(F)c([C@](C)(OC)c2ccc(Cl)cc2)c(C(=O)N[C@@H](CCC(=O)O)c2ccc(Cl)cc2)c1)[C@H]1CC[C@H](O)CC1. The number of carboxylic acid groups (broad SMARTS) is 1. The lowest BCUT2D eigenvalue weighted by atomic mass is 9.70. The first-order chi connectivity index (χ1) is 21.3. The van der Waals surface area contributed by atoms with Crippen molar-refractivity contribution in [3.05, 3.63) is 104 Å². The Balaban J connectivity index is 1.88. The predicted octanol–water partition coefficient (Wildman–Crippen LogP) is 7.53. The maximum Gasteiger partial charge on any atom is 0.303 e. The van der Waals surface area contributed by atoms with Crippen molar-refractivity contribution in [3.8, 4) is 0 Å². The summed E-state index contributed by atoms with van der Waals surface area (Å²) in [4.78, 5) is 25.8. The average molecular weight is 661 g/mol. The molecule has 1 amide bonds. The Morgan fingerprint density at radius 1 is 1.00 bits per heavy atom. The second-order valence-electron chi connectivity index (χ2n) is 11.9. The highest BCUT2D eigenvalue weighted by molar-refractivity contribution is 6.30. The molecule has 242 valence electrons. The summed E-state index contributed by atoms with van der Waals surface area (Å²) in [6, 6.07) is 15.4. The molecular weight excluding hydrogens is 620 g/mol. The third-order valence-corrected chi connectivity index (χ3v) is 9.75. The fourth-order valence-electron chi connectivity index (χ4n) is 6.46. The number of carbonyl (C=O) groups excluding carboxylic acids is 1. The molecule has 45 heavy (non-hydrogen) atoms. The third-order valence-electron chi connectivity index (χ3n) is 9.25. The van der Waals surface area contributed by atoms with Gasteiger partial charge < -0.3 is 25.4 Å². The van der Waals surface area contributed by atoms with Crippen LogP contribution in [0.5, 0.6) is 0 Å². The number of rotatable bonds is 12. The monoisotopic (exact) mass is 659 g/mol. The molecule has 1 aliphatic carbocycles. The number of ether oxygens (including phenoxy) is 1. The van der Waals surface area contributed by atoms with Gasteiger partial charge in [0.25, 0.3) is 5.91 Å². The highest BCUT2D eigenvalue weighted by Crippen LogP contribution is 2.45. The molecule has 4 rings (SSSR count). The molecular formula is C35H40Cl2FNO6. The lowest BCUT2D eigenvalue weighted by molar-refractivity contribution is -0.137. The van der Waals surface area contributed by atoms with E-state index in [2.05, 4.69) is 5.32 Å². The lowest BCUT2D eigenvalue weighted by Gasteiger charge is -2.40. The first-order valence-corrected chi connectivity index (χ1v) is 15.9. The molecule has 1 unspecified atom stereocenters. The number of carbonyl (C=O) groups is 2. The standard InChI is InChI=1S/C35H40Cl2FNO6/c1-4-35(44,23-9-15-27(40)16-10-23)24-19-28(32(29(38)20-24)34(2,45-3)22-7-13-26(37)14-8-22)33(43)39-30(17-18-31(41)42)21-5-11-25(36)12-6-21/h5-8,11-14,19-20,23,27,30,40,44H,4,9-10,15-18H2,1-3H3,(H,39,43)(H,41,42)/t23-,27-,30-,34+,35?/m0/s1. The fourth-order valence-corrected chi connectivity index (χ4v) is 6.71. The molecule has 1 saturated carbocycles. The Bertz CT molecular complexity index is 1490. The van der Waals surface area contributed by atoms with Crippen molar-refractivity contribution < 1.29 is 34.0 Å². The van der Waals surface area contributed by atoms with E-state index in [9.17, 15) is 24.9 Å². The van der Waals surface area contributed by atoms with Gasteiger partial charge in [0.2, 0.25) is 0 Å². The van der Waals surface area contributed by atoms with E-state index in [1.807, 2.05) is 6.92 Å². The molecule has 0 bridgehead atoms. The highest BCUT2D eigenvalue weighted by Gasteiger charge is 2.42. The van der Waals surface area contributed by atoms with E-state index in [0.717, 1.165) is 0 Å². The molecule has 10 heteroatoms. The number of carboxylic acids is 1. The number of aliphatic hydroxyl groups is 2. The van der Waals surface area contributed by atoms with Crippen LogP contribution in [-0.4, -0.2) is 40.4 Å². The summed E-state index contributed by atoms with van der Waals surface area (Å²) >= 11 is 12.2. The quantitative estimate of drug-likeness (QED) is 0.160. The smallest absolute Gasteiger partial charge is 0.303 e. The van der Waals surface area contributed by atoms with Crippen molar-refractivity contribution >= 4 is 35.1 Å². The van der Waals surface area contributed by atoms with Crippen molar-refractivity contribution in [2.75, 3.05) is 7.11 Å². The Morgan fingerprint density at radius 3 is 2.11 bits per heavy atom. The van der Waals surface area contributed by atoms with Crippen molar-refractivity contribution in [1.82, 2.24) is 5.32 Å². The zero-order valence-corrected chi connectivity index (χ0v) is 27.2. The summed E-state index contributed by atoms with van der Waals surface area (Å²) in [5.41, 5.74) is -1.58. The van der Waals surface area contributed by atoms with E-state index in [0.29, 0.717) is 46.9 Å². The Kier molecular flexibility index (Phi) is 11.3. The number of halogens is 3. The zero-order chi connectivity index (χ0) is 32.9. The van der Waals surface area contributed by atoms with Gasteiger partial charge in [-0.05, 0) is 104 Å². The second-order valence-corrected chi connectivity index (χ2v) is 12.8. The van der Waals surface area contributed by atoms with E-state index in [4.69, 9.17) is 27.9 Å². The summed E-state index contributed by atoms with van der Waals surface area (Å²) < 4.78 is 22.6. The molecule has 0 spiro atoms. The minimum absolute atomic E-state index is 0.0424. The van der Waals surface area contributed by atoms with Crippen LogP contribution in [0.4, 0.5) is 4.39 Å². The van der Waals surface area contributed by atoms with Crippen LogP contribution in [0.2, 0.25) is 10.0 Å². The average Bonchev–Trinajstić information content (AvgIpc) is 3.02. The molecule has 1 aliphatic rings. The van der Waals surface area contributed by atoms with Crippen LogP contribution in [0.1, 0.15) is 97.4 Å². The van der Waals surface area contributed by atoms with Crippen LogP contribution in [0.15, 0.2) is 60.7 Å². The second kappa shape index (κ2) is 14.6. The Hall–Kier alpha value is -3.01. The minimum Gasteiger partial charge on any atom is -0.481 e. The normalized spacial score (nSPS) is 20.1. The number of nitrogens with one attached hydrogen (secondary N) is 1. The molecule has 0 radical (unpaired) electrons. The summed E-state index contributed by atoms with van der Waals surface area (Å²) in [7, 11) is 1.42. The molecule has 0 aromatic heterocycles. The maximum atomic E-state index is 16.6. The highest BCUT2D eigenvalue weighted by atomic mass is 35.5. The molecule has 4 N–H and O–H groups in total. The fraction of sp³-hybridized carbons (Fsp3) is 0.429. The van der Waals surface area contributed by atoms with E-state index >= 15 is 4.39 Å². The first kappa shape index (κ1) is 34.9. The number of hydrogen-bond donors (Lipinski definition) is 4. The van der Waals surface area contributed by atoms with Crippen LogP contribution in [0, 0.1) is 11.7 Å². The zero-order valence-electron chi connectivity index (χ0n) is 25.7. The molecule has 7 nitrogen and oxygen atoms in total. The van der Waals surface area contributed by atoms with Crippen molar-refractivity contribution in [1.29, 1.82) is 0 Å². The summed E-state index contributed by atoms with van der Waals surface area (Å²) in [5, 5.41) is 35.4. The number of aliphatic carboxylic acids is 1. The van der Waals surface area contributed by atoms with Crippen LogP contribution in [0.25, 0.3) is 0 Å². The van der Waals surface area contributed by atoms with Crippen molar-refractivity contribution in [2.45, 2.75) is 82.1 Å². The van der Waals surface area contributed by atoms with Gasteiger partial charge in [-0.15, -0.1) is 0 Å². The lowest BCUT2D eigenvalue weighted by Crippen LogP contribution is -2.39. The van der Waals surface area contributed by atoms with Gasteiger partial charge in [0, 0.05) is 34.7 Å². The van der Waals surface area contributed by atoms with Crippen LogP contribution in [-0.2, 0) is 20.7 Å². The number of amides is 1. The number of aliphatic hydroxyl groups excluding tert-OH is 1. The molecule has 3 aromatic carbocycles. The van der Waals surface area contributed by atoms with E-state index in [1.54, 1.807) is 55.5 Å². The maximum absolute atomic E-state index is 16.6. The summed E-state index contributed by atoms with van der Waals surface area (Å²) in [6.45, 7) is 3.47. The van der Waals surface area contributed by atoms with E-state index < -0.39 is 41.0 Å². The van der Waals surface area contributed by atoms with Gasteiger partial charge >= 0.3 is 5.97 Å². The molecule has 0 aliphatic heterocycles. The number of methoxy groups -OCH3 is 1. The summed E-state index contributed by atoms with van der Waals surface area (Å²) in [5.74, 6) is -2.69. The van der Waals surface area contributed by atoms with Gasteiger partial charge in [0.1, 0.15) is 11.4 Å². The van der Waals surface area contributed by atoms with Crippen LogP contribution >= 0.6 is 23.2 Å². The van der Waals surface area contributed by atoms with Crippen LogP contribution < -0.4 is 5.32 Å². The number of hydrogen-bond acceptors (Lipinski definition) is 5. The van der Waals surface area contributed by atoms with Crippen LogP contribution in [0.3, 0.4) is 0 Å². The topological polar surface area (TPSA) is 116 Å². The van der Waals surface area contributed by atoms with Crippen molar-refractivity contribution in [3.63, 3.8) is 0 Å². The third kappa shape index (κ3) is 7.69. The molecule has 1 fully saturated rings. The molecule has 0 heterocycles. The Labute approximate surface area is 273 Å². The van der Waals surface area contributed by atoms with Crippen molar-refractivity contribution in [2.24, 2.45) is 5.92 Å². The summed E-state index contributed by atoms with van der Waals surface area (Å²) in [6.07, 6.45) is 1.80.